The summed E-state index contributed by atoms with van der Waals surface area (Å²) in [7, 11) is 0. The van der Waals surface area contributed by atoms with Crippen LogP contribution in [-0.4, -0.2) is 6.61 Å². The highest BCUT2D eigenvalue weighted by molar-refractivity contribution is 4.78. The number of ether oxygens (including phenoxy) is 1. The highest BCUT2D eigenvalue weighted by Crippen LogP contribution is 2.09. The third-order valence-electron chi connectivity index (χ3n) is 0.350. The number of rotatable bonds is 2. The lowest BCUT2D eigenvalue weighted by molar-refractivity contribution is -0.145. The van der Waals surface area contributed by atoms with Crippen LogP contribution in [0.25, 0.3) is 0 Å². The Morgan fingerprint density at radius 2 is 1.78 bits per heavy atom. The van der Waals surface area contributed by atoms with Crippen LogP contribution in [0.5, 0.6) is 0 Å². The van der Waals surface area contributed by atoms with Gasteiger partial charge in [0.25, 0.3) is 0 Å². The van der Waals surface area contributed by atoms with Crippen LogP contribution in [0.4, 0.5) is 17.6 Å². The fourth-order valence-electron chi connectivity index (χ4n) is 0.125. The third-order valence-corrected chi connectivity index (χ3v) is 0.350. The lowest BCUT2D eigenvalue weighted by atomic mass is 10.9. The van der Waals surface area contributed by atoms with Crippen molar-refractivity contribution in [3.8, 4) is 0 Å². The van der Waals surface area contributed by atoms with Crippen LogP contribution in [0.15, 0.2) is 12.0 Å². The smallest absolute Gasteiger partial charge is 0.396 e. The SMILES string of the molecule is [O]C(OC(F)F)=C(F)F. The molecule has 0 amide bonds. The second-order valence-electron chi connectivity index (χ2n) is 0.926. The molecular weight excluding hydrogens is 144 g/mol. The molecule has 0 rings (SSSR count). The fourth-order valence-corrected chi connectivity index (χ4v) is 0.125. The summed E-state index contributed by atoms with van der Waals surface area (Å²) in [6, 6.07) is 0. The topological polar surface area (TPSA) is 29.1 Å². The largest absolute Gasteiger partial charge is 0.401 e. The van der Waals surface area contributed by atoms with Gasteiger partial charge in [0.2, 0.25) is 0 Å². The molecule has 0 aliphatic carbocycles. The summed E-state index contributed by atoms with van der Waals surface area (Å²) < 4.78 is 46.3. The van der Waals surface area contributed by atoms with Gasteiger partial charge in [0.05, 0.1) is 0 Å². The lowest BCUT2D eigenvalue weighted by Gasteiger charge is -1.95. The molecule has 0 fully saturated rings. The molecule has 0 spiro atoms. The van der Waals surface area contributed by atoms with Crippen molar-refractivity contribution in [2.24, 2.45) is 0 Å². The molecule has 0 unspecified atom stereocenters. The lowest BCUT2D eigenvalue weighted by Crippen LogP contribution is -1.97. The van der Waals surface area contributed by atoms with Gasteiger partial charge in [-0.25, -0.2) is 5.11 Å². The molecule has 0 aromatic rings. The van der Waals surface area contributed by atoms with Crippen molar-refractivity contribution in [3.63, 3.8) is 0 Å². The summed E-state index contributed by atoms with van der Waals surface area (Å²) in [5, 5.41) is 9.46. The van der Waals surface area contributed by atoms with Crippen molar-refractivity contribution in [1.82, 2.24) is 0 Å². The molecule has 0 bridgehead atoms. The van der Waals surface area contributed by atoms with Gasteiger partial charge in [0.1, 0.15) is 0 Å². The molecule has 9 heavy (non-hydrogen) atoms. The van der Waals surface area contributed by atoms with Gasteiger partial charge in [-0.3, -0.25) is 0 Å². The standard InChI is InChI=1S/C3HF4O2/c4-1(5)2(8)9-3(6)7/h3H. The van der Waals surface area contributed by atoms with Gasteiger partial charge in [0, 0.05) is 0 Å². The molecule has 0 aliphatic heterocycles. The van der Waals surface area contributed by atoms with Crippen LogP contribution in [0.3, 0.4) is 0 Å². The maximum absolute atomic E-state index is 10.9. The van der Waals surface area contributed by atoms with Crippen molar-refractivity contribution in [1.29, 1.82) is 0 Å². The van der Waals surface area contributed by atoms with Gasteiger partial charge in [0.15, 0.2) is 0 Å². The molecule has 0 saturated heterocycles. The predicted molar refractivity (Wildman–Crippen MR) is 17.0 cm³/mol. The predicted octanol–water partition coefficient (Wildman–Crippen LogP) is 1.72. The van der Waals surface area contributed by atoms with Crippen molar-refractivity contribution >= 4 is 0 Å². The first-order valence-electron chi connectivity index (χ1n) is 1.71. The van der Waals surface area contributed by atoms with E-state index in [0.29, 0.717) is 0 Å². The second-order valence-corrected chi connectivity index (χ2v) is 0.926. The van der Waals surface area contributed by atoms with Gasteiger partial charge in [-0.2, -0.15) is 17.6 Å². The highest BCUT2D eigenvalue weighted by Gasteiger charge is 2.13. The number of halogens is 4. The zero-order chi connectivity index (χ0) is 7.44. The molecule has 6 heteroatoms. The first-order chi connectivity index (χ1) is 4.04. The summed E-state index contributed by atoms with van der Waals surface area (Å²) in [4.78, 5) is 0. The van der Waals surface area contributed by atoms with Crippen molar-refractivity contribution in [2.45, 2.75) is 6.61 Å². The summed E-state index contributed by atoms with van der Waals surface area (Å²) in [6.45, 7) is -3.49. The Balaban J connectivity index is 3.77. The van der Waals surface area contributed by atoms with E-state index in [1.54, 1.807) is 0 Å². The Hall–Kier alpha value is -0.940. The monoisotopic (exact) mass is 145 g/mol. The molecule has 0 aliphatic rings. The average Bonchev–Trinajstić information content (AvgIpc) is 1.63. The van der Waals surface area contributed by atoms with E-state index in [-0.39, 0.29) is 0 Å². The molecule has 2 nitrogen and oxygen atoms in total. The maximum atomic E-state index is 10.9. The molecule has 0 aromatic heterocycles. The Kier molecular flexibility index (Phi) is 2.83. The van der Waals surface area contributed by atoms with Gasteiger partial charge >= 0.3 is 18.6 Å². The van der Waals surface area contributed by atoms with Crippen LogP contribution in [-0.2, 0) is 9.84 Å². The van der Waals surface area contributed by atoms with E-state index >= 15 is 0 Å². The van der Waals surface area contributed by atoms with Crippen LogP contribution in [0.2, 0.25) is 0 Å². The molecule has 53 valence electrons. The van der Waals surface area contributed by atoms with Crippen LogP contribution in [0.1, 0.15) is 0 Å². The highest BCUT2D eigenvalue weighted by atomic mass is 19.3. The summed E-state index contributed by atoms with van der Waals surface area (Å²) in [5.74, 6) is -2.29. The molecule has 0 saturated carbocycles. The molecule has 0 aromatic carbocycles. The minimum atomic E-state index is -3.49. The molecule has 0 N–H and O–H groups in total. The van der Waals surface area contributed by atoms with E-state index in [2.05, 4.69) is 4.74 Å². The quantitative estimate of drug-likeness (QED) is 0.429. The number of hydrogen-bond donors (Lipinski definition) is 0. The van der Waals surface area contributed by atoms with Crippen molar-refractivity contribution in [3.05, 3.63) is 12.0 Å². The minimum absolute atomic E-state index is 2.29. The van der Waals surface area contributed by atoms with Gasteiger partial charge in [-0.1, -0.05) is 0 Å². The van der Waals surface area contributed by atoms with Gasteiger partial charge < -0.3 is 4.74 Å². The van der Waals surface area contributed by atoms with E-state index in [0.717, 1.165) is 0 Å². The van der Waals surface area contributed by atoms with E-state index in [1.165, 1.54) is 0 Å². The van der Waals surface area contributed by atoms with E-state index in [4.69, 9.17) is 0 Å². The zero-order valence-electron chi connectivity index (χ0n) is 3.91. The summed E-state index contributed by atoms with van der Waals surface area (Å²) >= 11 is 0. The Morgan fingerprint density at radius 1 is 1.33 bits per heavy atom. The average molecular weight is 145 g/mol. The Labute approximate surface area is 47.3 Å². The Bertz CT molecular complexity index is 117. The van der Waals surface area contributed by atoms with Gasteiger partial charge in [-0.05, 0) is 0 Å². The first kappa shape index (κ1) is 8.06. The third kappa shape index (κ3) is 3.63. The van der Waals surface area contributed by atoms with Gasteiger partial charge in [-0.15, -0.1) is 0 Å². The number of hydrogen-bond acceptors (Lipinski definition) is 1. The molecule has 0 atom stereocenters. The minimum Gasteiger partial charge on any atom is -0.396 e. The van der Waals surface area contributed by atoms with Crippen LogP contribution < -0.4 is 0 Å². The van der Waals surface area contributed by atoms with E-state index in [9.17, 15) is 22.7 Å². The molecule has 0 heterocycles. The normalized spacial score (nSPS) is 9.44. The Morgan fingerprint density at radius 3 is 1.89 bits per heavy atom. The van der Waals surface area contributed by atoms with Crippen LogP contribution in [0, 0.1) is 0 Å². The van der Waals surface area contributed by atoms with E-state index in [1.807, 2.05) is 0 Å². The van der Waals surface area contributed by atoms with E-state index < -0.39 is 18.6 Å². The first-order valence-corrected chi connectivity index (χ1v) is 1.71. The maximum Gasteiger partial charge on any atom is 0.401 e. The summed E-state index contributed by atoms with van der Waals surface area (Å²) in [5.41, 5.74) is 0. The molecular formula is C3HF4O2. The zero-order valence-corrected chi connectivity index (χ0v) is 3.91. The number of alkyl halides is 2. The molecule has 1 radical (unpaired) electrons. The van der Waals surface area contributed by atoms with Crippen molar-refractivity contribution in [2.75, 3.05) is 0 Å². The fraction of sp³-hybridized carbons (Fsp3) is 0.333. The second kappa shape index (κ2) is 3.16. The van der Waals surface area contributed by atoms with Crippen molar-refractivity contribution < 1.29 is 27.4 Å². The summed E-state index contributed by atoms with van der Waals surface area (Å²) in [6.07, 6.45) is -2.78. The van der Waals surface area contributed by atoms with Crippen LogP contribution >= 0.6 is 0 Å².